The summed E-state index contributed by atoms with van der Waals surface area (Å²) in [5.74, 6) is 0. The third-order valence-corrected chi connectivity index (χ3v) is 3.45. The van der Waals surface area contributed by atoms with Gasteiger partial charge in [-0.25, -0.2) is 0 Å². The maximum absolute atomic E-state index is 6.09. The van der Waals surface area contributed by atoms with Gasteiger partial charge in [0.1, 0.15) is 0 Å². The molecule has 0 aliphatic carbocycles. The van der Waals surface area contributed by atoms with E-state index in [0.29, 0.717) is 6.10 Å². The summed E-state index contributed by atoms with van der Waals surface area (Å²) >= 11 is 1.76. The van der Waals surface area contributed by atoms with Crippen molar-refractivity contribution in [1.29, 1.82) is 0 Å². The third kappa shape index (κ3) is 3.08. The molecule has 0 spiro atoms. The van der Waals surface area contributed by atoms with E-state index in [0.717, 1.165) is 12.8 Å². The zero-order valence-corrected chi connectivity index (χ0v) is 9.93. The van der Waals surface area contributed by atoms with E-state index in [9.17, 15) is 0 Å². The summed E-state index contributed by atoms with van der Waals surface area (Å²) in [6, 6.07) is 2.29. The van der Waals surface area contributed by atoms with E-state index >= 15 is 0 Å². The van der Waals surface area contributed by atoms with E-state index in [4.69, 9.17) is 10.5 Å². The number of methoxy groups -OCH3 is 1. The van der Waals surface area contributed by atoms with Crippen LogP contribution in [-0.4, -0.2) is 13.2 Å². The van der Waals surface area contributed by atoms with Gasteiger partial charge in [0.05, 0.1) is 6.10 Å². The van der Waals surface area contributed by atoms with E-state index in [2.05, 4.69) is 25.3 Å². The van der Waals surface area contributed by atoms with Crippen LogP contribution in [0.5, 0.6) is 0 Å². The Morgan fingerprint density at radius 2 is 2.21 bits per heavy atom. The van der Waals surface area contributed by atoms with Crippen LogP contribution in [0.2, 0.25) is 0 Å². The Morgan fingerprint density at radius 3 is 2.71 bits per heavy atom. The van der Waals surface area contributed by atoms with Crippen molar-refractivity contribution in [3.8, 4) is 0 Å². The molecule has 1 rings (SSSR count). The Kier molecular flexibility index (Phi) is 4.58. The fourth-order valence-corrected chi connectivity index (χ4v) is 2.24. The van der Waals surface area contributed by atoms with Gasteiger partial charge in [-0.1, -0.05) is 0 Å². The first-order valence-electron chi connectivity index (χ1n) is 4.97. The van der Waals surface area contributed by atoms with E-state index in [1.807, 2.05) is 0 Å². The molecule has 0 aliphatic rings. The van der Waals surface area contributed by atoms with Gasteiger partial charge in [0, 0.05) is 18.0 Å². The second-order valence-electron chi connectivity index (χ2n) is 3.66. The minimum absolute atomic E-state index is 0.166. The molecule has 1 heterocycles. The summed E-state index contributed by atoms with van der Waals surface area (Å²) in [6.07, 6.45) is 2.32. The Bertz CT molecular complexity index is 272. The largest absolute Gasteiger partial charge is 0.382 e. The molecule has 0 aromatic carbocycles. The van der Waals surface area contributed by atoms with E-state index in [-0.39, 0.29) is 6.04 Å². The molecule has 2 nitrogen and oxygen atoms in total. The lowest BCUT2D eigenvalue weighted by Crippen LogP contribution is -2.14. The average Bonchev–Trinajstić information content (AvgIpc) is 2.60. The van der Waals surface area contributed by atoms with E-state index in [1.54, 1.807) is 18.4 Å². The van der Waals surface area contributed by atoms with Gasteiger partial charge in [-0.15, -0.1) is 11.3 Å². The smallest absolute Gasteiger partial charge is 0.0543 e. The van der Waals surface area contributed by atoms with E-state index < -0.39 is 0 Å². The molecular formula is C11H19NOS. The van der Waals surface area contributed by atoms with Gasteiger partial charge in [-0.2, -0.15) is 0 Å². The van der Waals surface area contributed by atoms with Gasteiger partial charge in [-0.05, 0) is 43.7 Å². The molecule has 0 saturated heterocycles. The van der Waals surface area contributed by atoms with Crippen molar-refractivity contribution < 1.29 is 4.74 Å². The van der Waals surface area contributed by atoms with Crippen LogP contribution < -0.4 is 5.73 Å². The van der Waals surface area contributed by atoms with Gasteiger partial charge in [0.15, 0.2) is 0 Å². The second kappa shape index (κ2) is 5.49. The van der Waals surface area contributed by atoms with Gasteiger partial charge in [0.2, 0.25) is 0 Å². The number of hydrogen-bond acceptors (Lipinski definition) is 3. The number of aryl methyl sites for hydroxylation is 1. The number of hydrogen-bond donors (Lipinski definition) is 1. The average molecular weight is 213 g/mol. The van der Waals surface area contributed by atoms with Gasteiger partial charge >= 0.3 is 0 Å². The molecule has 2 N–H and O–H groups in total. The summed E-state index contributed by atoms with van der Waals surface area (Å²) in [7, 11) is 1.74. The highest BCUT2D eigenvalue weighted by atomic mass is 32.1. The molecule has 1 aromatic rings. The highest BCUT2D eigenvalue weighted by Gasteiger charge is 2.11. The molecule has 0 saturated carbocycles. The standard InChI is InChI=1S/C11H19NOS/c1-8(13-3)4-5-11(12)10-6-7-14-9(10)2/h6-8,11H,4-5,12H2,1-3H3. The Hall–Kier alpha value is -0.380. The first-order chi connectivity index (χ1) is 6.65. The Morgan fingerprint density at radius 1 is 1.50 bits per heavy atom. The maximum atomic E-state index is 6.09. The maximum Gasteiger partial charge on any atom is 0.0543 e. The molecule has 0 bridgehead atoms. The molecule has 14 heavy (non-hydrogen) atoms. The topological polar surface area (TPSA) is 35.2 Å². The zero-order valence-electron chi connectivity index (χ0n) is 9.12. The molecule has 1 aromatic heterocycles. The molecule has 0 fully saturated rings. The first kappa shape index (κ1) is 11.7. The molecule has 0 radical (unpaired) electrons. The van der Waals surface area contributed by atoms with Crippen molar-refractivity contribution in [2.45, 2.75) is 38.8 Å². The fourth-order valence-electron chi connectivity index (χ4n) is 1.47. The molecule has 2 unspecified atom stereocenters. The van der Waals surface area contributed by atoms with Crippen LogP contribution in [0.4, 0.5) is 0 Å². The van der Waals surface area contributed by atoms with Crippen molar-refractivity contribution >= 4 is 11.3 Å². The van der Waals surface area contributed by atoms with Crippen molar-refractivity contribution in [3.63, 3.8) is 0 Å². The number of rotatable bonds is 5. The van der Waals surface area contributed by atoms with Gasteiger partial charge < -0.3 is 10.5 Å². The first-order valence-corrected chi connectivity index (χ1v) is 5.85. The minimum atomic E-state index is 0.166. The summed E-state index contributed by atoms with van der Waals surface area (Å²) in [5.41, 5.74) is 7.38. The number of nitrogens with two attached hydrogens (primary N) is 1. The molecule has 2 atom stereocenters. The lowest BCUT2D eigenvalue weighted by molar-refractivity contribution is 0.107. The molecule has 0 aliphatic heterocycles. The summed E-state index contributed by atoms with van der Waals surface area (Å²) in [4.78, 5) is 1.34. The van der Waals surface area contributed by atoms with Crippen LogP contribution in [0.25, 0.3) is 0 Å². The fraction of sp³-hybridized carbons (Fsp3) is 0.636. The Balaban J connectivity index is 2.43. The van der Waals surface area contributed by atoms with Crippen molar-refractivity contribution in [2.24, 2.45) is 5.73 Å². The van der Waals surface area contributed by atoms with Crippen LogP contribution >= 0.6 is 11.3 Å². The van der Waals surface area contributed by atoms with Crippen molar-refractivity contribution in [1.82, 2.24) is 0 Å². The molecule has 0 amide bonds. The number of ether oxygens (including phenoxy) is 1. The predicted molar refractivity (Wildman–Crippen MR) is 61.7 cm³/mol. The van der Waals surface area contributed by atoms with Gasteiger partial charge in [0.25, 0.3) is 0 Å². The van der Waals surface area contributed by atoms with Crippen LogP contribution in [0.1, 0.15) is 36.2 Å². The molecular weight excluding hydrogens is 194 g/mol. The lowest BCUT2D eigenvalue weighted by Gasteiger charge is -2.14. The van der Waals surface area contributed by atoms with Gasteiger partial charge in [-0.3, -0.25) is 0 Å². The summed E-state index contributed by atoms with van der Waals surface area (Å²) in [5, 5.41) is 2.10. The van der Waals surface area contributed by atoms with E-state index in [1.165, 1.54) is 10.4 Å². The summed E-state index contributed by atoms with van der Waals surface area (Å²) in [6.45, 7) is 4.20. The summed E-state index contributed by atoms with van der Waals surface area (Å²) < 4.78 is 5.20. The quantitative estimate of drug-likeness (QED) is 0.816. The zero-order chi connectivity index (χ0) is 10.6. The van der Waals surface area contributed by atoms with Crippen LogP contribution in [-0.2, 0) is 4.74 Å². The monoisotopic (exact) mass is 213 g/mol. The SMILES string of the molecule is COC(C)CCC(N)c1ccsc1C. The number of thiophene rings is 1. The normalized spacial score (nSPS) is 15.4. The lowest BCUT2D eigenvalue weighted by atomic mass is 10.0. The molecule has 80 valence electrons. The minimum Gasteiger partial charge on any atom is -0.382 e. The highest BCUT2D eigenvalue weighted by Crippen LogP contribution is 2.24. The van der Waals surface area contributed by atoms with Crippen LogP contribution in [0.3, 0.4) is 0 Å². The Labute approximate surface area is 90.1 Å². The highest BCUT2D eigenvalue weighted by molar-refractivity contribution is 7.10. The van der Waals surface area contributed by atoms with Crippen molar-refractivity contribution in [2.75, 3.05) is 7.11 Å². The third-order valence-electron chi connectivity index (χ3n) is 2.58. The van der Waals surface area contributed by atoms with Crippen LogP contribution in [0, 0.1) is 6.92 Å². The second-order valence-corrected chi connectivity index (χ2v) is 4.78. The van der Waals surface area contributed by atoms with Crippen LogP contribution in [0.15, 0.2) is 11.4 Å². The van der Waals surface area contributed by atoms with Crippen molar-refractivity contribution in [3.05, 3.63) is 21.9 Å². The molecule has 3 heteroatoms. The predicted octanol–water partition coefficient (Wildman–Crippen LogP) is 2.87.